The second kappa shape index (κ2) is 7.31. The highest BCUT2D eigenvalue weighted by Gasteiger charge is 2.08. The van der Waals surface area contributed by atoms with Crippen LogP contribution in [0.3, 0.4) is 0 Å². The third kappa shape index (κ3) is 4.91. The van der Waals surface area contributed by atoms with E-state index in [4.69, 9.17) is 4.74 Å². The fourth-order valence-corrected chi connectivity index (χ4v) is 1.65. The Balaban J connectivity index is 2.65. The summed E-state index contributed by atoms with van der Waals surface area (Å²) in [6.07, 6.45) is 3.06. The number of rotatable bonds is 6. The standard InChI is InChI=1S/C14H17NO4/c1-3-19-14(16)13-8-6-12(7-9-13)11(2)5-4-10-15(17)18/h4,6-11H,3,5H2,1-2H3. The molecular formula is C14H17NO4. The molecule has 1 aromatic rings. The monoisotopic (exact) mass is 263 g/mol. The van der Waals surface area contributed by atoms with Crippen molar-refractivity contribution in [2.24, 2.45) is 0 Å². The first-order chi connectivity index (χ1) is 9.04. The van der Waals surface area contributed by atoms with Crippen molar-refractivity contribution in [3.8, 4) is 0 Å². The Morgan fingerprint density at radius 3 is 2.58 bits per heavy atom. The van der Waals surface area contributed by atoms with Crippen LogP contribution in [0.2, 0.25) is 0 Å². The molecular weight excluding hydrogens is 246 g/mol. The van der Waals surface area contributed by atoms with E-state index in [9.17, 15) is 14.9 Å². The minimum Gasteiger partial charge on any atom is -0.462 e. The van der Waals surface area contributed by atoms with Gasteiger partial charge in [-0.15, -0.1) is 0 Å². The van der Waals surface area contributed by atoms with E-state index >= 15 is 0 Å². The fraction of sp³-hybridized carbons (Fsp3) is 0.357. The molecule has 19 heavy (non-hydrogen) atoms. The van der Waals surface area contributed by atoms with Gasteiger partial charge in [0.25, 0.3) is 0 Å². The SMILES string of the molecule is CCOC(=O)c1ccc(C(C)CC=C[N+](=O)[O-])cc1. The maximum Gasteiger partial charge on any atom is 0.338 e. The predicted octanol–water partition coefficient (Wildman–Crippen LogP) is 3.15. The lowest BCUT2D eigenvalue weighted by Crippen LogP contribution is -2.04. The molecule has 0 heterocycles. The Morgan fingerprint density at radius 1 is 1.42 bits per heavy atom. The van der Waals surface area contributed by atoms with E-state index in [0.29, 0.717) is 18.6 Å². The number of hydrogen-bond donors (Lipinski definition) is 0. The van der Waals surface area contributed by atoms with Gasteiger partial charge in [-0.2, -0.15) is 0 Å². The van der Waals surface area contributed by atoms with Crippen LogP contribution in [0, 0.1) is 10.1 Å². The first-order valence-corrected chi connectivity index (χ1v) is 6.11. The van der Waals surface area contributed by atoms with Gasteiger partial charge < -0.3 is 4.74 Å². The highest BCUT2D eigenvalue weighted by molar-refractivity contribution is 5.89. The summed E-state index contributed by atoms with van der Waals surface area (Å²) >= 11 is 0. The Bertz CT molecular complexity index is 465. The van der Waals surface area contributed by atoms with E-state index in [2.05, 4.69) is 0 Å². The lowest BCUT2D eigenvalue weighted by molar-refractivity contribution is -0.402. The number of esters is 1. The molecule has 1 unspecified atom stereocenters. The van der Waals surface area contributed by atoms with Gasteiger partial charge in [-0.3, -0.25) is 10.1 Å². The van der Waals surface area contributed by atoms with Crippen molar-refractivity contribution < 1.29 is 14.5 Å². The van der Waals surface area contributed by atoms with Crippen molar-refractivity contribution in [1.82, 2.24) is 0 Å². The summed E-state index contributed by atoms with van der Waals surface area (Å²) in [5, 5.41) is 10.2. The van der Waals surface area contributed by atoms with Gasteiger partial charge in [-0.25, -0.2) is 4.79 Å². The zero-order valence-electron chi connectivity index (χ0n) is 11.0. The largest absolute Gasteiger partial charge is 0.462 e. The van der Waals surface area contributed by atoms with Crippen LogP contribution in [0.15, 0.2) is 36.5 Å². The third-order valence-corrected chi connectivity index (χ3v) is 2.71. The second-order valence-electron chi connectivity index (χ2n) is 4.15. The van der Waals surface area contributed by atoms with Crippen LogP contribution in [0.5, 0.6) is 0 Å². The number of nitro groups is 1. The van der Waals surface area contributed by atoms with Gasteiger partial charge in [0.05, 0.1) is 17.1 Å². The van der Waals surface area contributed by atoms with Crippen LogP contribution in [0.1, 0.15) is 42.1 Å². The maximum absolute atomic E-state index is 11.5. The molecule has 0 bridgehead atoms. The predicted molar refractivity (Wildman–Crippen MR) is 71.6 cm³/mol. The first-order valence-electron chi connectivity index (χ1n) is 6.11. The lowest BCUT2D eigenvalue weighted by atomic mass is 9.97. The average molecular weight is 263 g/mol. The van der Waals surface area contributed by atoms with Crippen LogP contribution in [0.4, 0.5) is 0 Å². The van der Waals surface area contributed by atoms with Crippen molar-refractivity contribution in [2.45, 2.75) is 26.2 Å². The van der Waals surface area contributed by atoms with Crippen molar-refractivity contribution in [3.05, 3.63) is 57.8 Å². The van der Waals surface area contributed by atoms with E-state index in [0.717, 1.165) is 11.8 Å². The summed E-state index contributed by atoms with van der Waals surface area (Å²) in [6, 6.07) is 7.11. The minimum absolute atomic E-state index is 0.160. The molecule has 0 spiro atoms. The van der Waals surface area contributed by atoms with Gasteiger partial charge >= 0.3 is 5.97 Å². The Hall–Kier alpha value is -2.17. The maximum atomic E-state index is 11.5. The molecule has 0 saturated heterocycles. The number of carbonyl (C=O) groups excluding carboxylic acids is 1. The number of hydrogen-bond acceptors (Lipinski definition) is 4. The van der Waals surface area contributed by atoms with Crippen LogP contribution >= 0.6 is 0 Å². The van der Waals surface area contributed by atoms with Crippen LogP contribution in [0.25, 0.3) is 0 Å². The molecule has 0 aliphatic heterocycles. The average Bonchev–Trinajstić information content (AvgIpc) is 2.38. The highest BCUT2D eigenvalue weighted by atomic mass is 16.6. The van der Waals surface area contributed by atoms with Crippen LogP contribution < -0.4 is 0 Å². The van der Waals surface area contributed by atoms with E-state index in [1.54, 1.807) is 19.1 Å². The molecule has 1 aromatic carbocycles. The fourth-order valence-electron chi connectivity index (χ4n) is 1.65. The lowest BCUT2D eigenvalue weighted by Gasteiger charge is -2.09. The van der Waals surface area contributed by atoms with Gasteiger partial charge in [0.2, 0.25) is 6.20 Å². The van der Waals surface area contributed by atoms with Crippen molar-refractivity contribution in [2.75, 3.05) is 6.61 Å². The quantitative estimate of drug-likeness (QED) is 0.449. The Kier molecular flexibility index (Phi) is 5.73. The van der Waals surface area contributed by atoms with Crippen LogP contribution in [-0.2, 0) is 4.74 Å². The molecule has 1 rings (SSSR count). The molecule has 0 saturated carbocycles. The van der Waals surface area contributed by atoms with Gasteiger partial charge in [0, 0.05) is 0 Å². The van der Waals surface area contributed by atoms with Gasteiger partial charge in [0.15, 0.2) is 0 Å². The van der Waals surface area contributed by atoms with Gasteiger partial charge in [-0.05, 0) is 43.0 Å². The molecule has 0 N–H and O–H groups in total. The topological polar surface area (TPSA) is 69.4 Å². The Morgan fingerprint density at radius 2 is 2.05 bits per heavy atom. The summed E-state index contributed by atoms with van der Waals surface area (Å²) in [7, 11) is 0. The normalized spacial score (nSPS) is 12.3. The number of ether oxygens (including phenoxy) is 1. The molecule has 0 fully saturated rings. The summed E-state index contributed by atoms with van der Waals surface area (Å²) in [5.41, 5.74) is 1.54. The van der Waals surface area contributed by atoms with E-state index in [1.165, 1.54) is 6.08 Å². The molecule has 0 aromatic heterocycles. The number of allylic oxidation sites excluding steroid dienone is 1. The molecule has 0 amide bonds. The molecule has 0 aliphatic carbocycles. The number of nitrogens with zero attached hydrogens (tertiary/aromatic N) is 1. The zero-order valence-corrected chi connectivity index (χ0v) is 11.0. The summed E-state index contributed by atoms with van der Waals surface area (Å²) in [5.74, 6) is -0.178. The summed E-state index contributed by atoms with van der Waals surface area (Å²) < 4.78 is 4.89. The number of benzene rings is 1. The van der Waals surface area contributed by atoms with E-state index in [-0.39, 0.29) is 11.9 Å². The molecule has 1 atom stereocenters. The van der Waals surface area contributed by atoms with Crippen molar-refractivity contribution in [3.63, 3.8) is 0 Å². The molecule has 0 radical (unpaired) electrons. The number of carbonyl (C=O) groups is 1. The zero-order chi connectivity index (χ0) is 14.3. The molecule has 5 nitrogen and oxygen atoms in total. The second-order valence-corrected chi connectivity index (χ2v) is 4.15. The highest BCUT2D eigenvalue weighted by Crippen LogP contribution is 2.20. The van der Waals surface area contributed by atoms with Crippen molar-refractivity contribution >= 4 is 5.97 Å². The molecule has 5 heteroatoms. The summed E-state index contributed by atoms with van der Waals surface area (Å²) in [4.78, 5) is 21.2. The van der Waals surface area contributed by atoms with Crippen LogP contribution in [-0.4, -0.2) is 17.5 Å². The van der Waals surface area contributed by atoms with E-state index < -0.39 is 4.92 Å². The van der Waals surface area contributed by atoms with Crippen molar-refractivity contribution in [1.29, 1.82) is 0 Å². The van der Waals surface area contributed by atoms with E-state index in [1.807, 2.05) is 19.1 Å². The van der Waals surface area contributed by atoms with Gasteiger partial charge in [-0.1, -0.05) is 19.1 Å². The van der Waals surface area contributed by atoms with Gasteiger partial charge in [0.1, 0.15) is 0 Å². The summed E-state index contributed by atoms with van der Waals surface area (Å²) in [6.45, 7) is 4.09. The third-order valence-electron chi connectivity index (χ3n) is 2.71. The minimum atomic E-state index is -0.476. The first kappa shape index (κ1) is 14.9. The smallest absolute Gasteiger partial charge is 0.338 e. The molecule has 102 valence electrons. The molecule has 0 aliphatic rings. The Labute approximate surface area is 112 Å².